The summed E-state index contributed by atoms with van der Waals surface area (Å²) in [5.41, 5.74) is 6.46. The van der Waals surface area contributed by atoms with Gasteiger partial charge in [0.1, 0.15) is 5.75 Å². The van der Waals surface area contributed by atoms with Crippen LogP contribution in [0.2, 0.25) is 0 Å². The quantitative estimate of drug-likeness (QED) is 0.795. The molecule has 0 bridgehead atoms. The number of rotatable bonds is 7. The number of methoxy groups -OCH3 is 1. The number of hydrogen-bond donors (Lipinski definition) is 2. The Morgan fingerprint density at radius 2 is 2.16 bits per heavy atom. The Kier molecular flexibility index (Phi) is 6.36. The third-order valence-corrected chi connectivity index (χ3v) is 2.97. The van der Waals surface area contributed by atoms with E-state index < -0.39 is 0 Å². The topological polar surface area (TPSA) is 64.3 Å². The first-order chi connectivity index (χ1) is 9.05. The molecule has 1 amide bonds. The highest BCUT2D eigenvalue weighted by Gasteiger charge is 2.14. The number of carbonyl (C=O) groups is 1. The first kappa shape index (κ1) is 15.5. The summed E-state index contributed by atoms with van der Waals surface area (Å²) in [6.45, 7) is 4.83. The minimum absolute atomic E-state index is 0.00403. The second-order valence-electron chi connectivity index (χ2n) is 5.22. The van der Waals surface area contributed by atoms with Gasteiger partial charge < -0.3 is 15.8 Å². The van der Waals surface area contributed by atoms with Crippen molar-refractivity contribution in [3.63, 3.8) is 0 Å². The predicted molar refractivity (Wildman–Crippen MR) is 78.2 cm³/mol. The Bertz CT molecular complexity index is 405. The molecule has 4 heteroatoms. The zero-order chi connectivity index (χ0) is 14.3. The van der Waals surface area contributed by atoms with Gasteiger partial charge in [0.05, 0.1) is 7.11 Å². The number of amides is 1. The molecule has 0 radical (unpaired) electrons. The monoisotopic (exact) mass is 264 g/mol. The van der Waals surface area contributed by atoms with Gasteiger partial charge in [-0.05, 0) is 36.9 Å². The van der Waals surface area contributed by atoms with E-state index in [4.69, 9.17) is 10.5 Å². The van der Waals surface area contributed by atoms with E-state index >= 15 is 0 Å². The van der Waals surface area contributed by atoms with Crippen molar-refractivity contribution in [1.82, 2.24) is 0 Å². The molecule has 0 fully saturated rings. The largest absolute Gasteiger partial charge is 0.497 e. The number of ether oxygens (including phenoxy) is 1. The van der Waals surface area contributed by atoms with Crippen molar-refractivity contribution in [3.05, 3.63) is 24.3 Å². The Morgan fingerprint density at radius 3 is 2.74 bits per heavy atom. The van der Waals surface area contributed by atoms with Crippen LogP contribution in [0.3, 0.4) is 0 Å². The highest BCUT2D eigenvalue weighted by atomic mass is 16.5. The number of hydrogen-bond acceptors (Lipinski definition) is 3. The van der Waals surface area contributed by atoms with Gasteiger partial charge in [0, 0.05) is 18.2 Å². The highest BCUT2D eigenvalue weighted by Crippen LogP contribution is 2.19. The lowest BCUT2D eigenvalue weighted by Gasteiger charge is -2.16. The van der Waals surface area contributed by atoms with E-state index in [1.54, 1.807) is 13.2 Å². The molecule has 0 aromatic heterocycles. The molecule has 106 valence electrons. The Balaban J connectivity index is 2.53. The third kappa shape index (κ3) is 5.75. The van der Waals surface area contributed by atoms with Crippen molar-refractivity contribution < 1.29 is 9.53 Å². The van der Waals surface area contributed by atoms with E-state index in [1.165, 1.54) is 0 Å². The lowest BCUT2D eigenvalue weighted by molar-refractivity contribution is -0.117. The van der Waals surface area contributed by atoms with E-state index in [0.29, 0.717) is 18.9 Å². The van der Waals surface area contributed by atoms with Crippen LogP contribution in [-0.4, -0.2) is 19.6 Å². The van der Waals surface area contributed by atoms with Gasteiger partial charge >= 0.3 is 0 Å². The molecule has 4 nitrogen and oxygen atoms in total. The maximum atomic E-state index is 12.0. The number of anilines is 1. The van der Waals surface area contributed by atoms with Crippen molar-refractivity contribution >= 4 is 11.6 Å². The molecule has 0 saturated carbocycles. The number of benzene rings is 1. The summed E-state index contributed by atoms with van der Waals surface area (Å²) in [4.78, 5) is 12.0. The molecule has 1 aromatic carbocycles. The van der Waals surface area contributed by atoms with Gasteiger partial charge in [0.2, 0.25) is 5.91 Å². The summed E-state index contributed by atoms with van der Waals surface area (Å²) in [7, 11) is 1.61. The second kappa shape index (κ2) is 7.79. The maximum Gasteiger partial charge on any atom is 0.224 e. The van der Waals surface area contributed by atoms with E-state index in [-0.39, 0.29) is 11.8 Å². The van der Waals surface area contributed by atoms with Crippen LogP contribution in [0.4, 0.5) is 5.69 Å². The lowest BCUT2D eigenvalue weighted by Crippen LogP contribution is -2.23. The fraction of sp³-hybridized carbons (Fsp3) is 0.533. The smallest absolute Gasteiger partial charge is 0.224 e. The zero-order valence-electron chi connectivity index (χ0n) is 12.0. The predicted octanol–water partition coefficient (Wildman–Crippen LogP) is 2.64. The van der Waals surface area contributed by atoms with Crippen LogP contribution in [0, 0.1) is 11.8 Å². The minimum atomic E-state index is 0.00403. The van der Waals surface area contributed by atoms with Gasteiger partial charge in [-0.3, -0.25) is 4.79 Å². The Hall–Kier alpha value is -1.55. The zero-order valence-corrected chi connectivity index (χ0v) is 12.0. The molecule has 0 spiro atoms. The average Bonchev–Trinajstić information content (AvgIpc) is 2.37. The summed E-state index contributed by atoms with van der Waals surface area (Å²) < 4.78 is 5.12. The molecule has 0 aliphatic carbocycles. The fourth-order valence-corrected chi connectivity index (χ4v) is 2.10. The van der Waals surface area contributed by atoms with Crippen molar-refractivity contribution in [3.8, 4) is 5.75 Å². The Labute approximate surface area is 115 Å². The normalized spacial score (nSPS) is 12.3. The fourth-order valence-electron chi connectivity index (χ4n) is 2.10. The Morgan fingerprint density at radius 1 is 1.42 bits per heavy atom. The van der Waals surface area contributed by atoms with Crippen LogP contribution in [-0.2, 0) is 4.79 Å². The molecular formula is C15H24N2O2. The molecule has 0 aliphatic heterocycles. The van der Waals surface area contributed by atoms with Crippen LogP contribution in [0.5, 0.6) is 5.75 Å². The summed E-state index contributed by atoms with van der Waals surface area (Å²) >= 11 is 0. The van der Waals surface area contributed by atoms with Crippen LogP contribution >= 0.6 is 0 Å². The third-order valence-electron chi connectivity index (χ3n) is 2.97. The number of carbonyl (C=O) groups excluding carboxylic acids is 1. The minimum Gasteiger partial charge on any atom is -0.497 e. The molecule has 3 N–H and O–H groups in total. The second-order valence-corrected chi connectivity index (χ2v) is 5.22. The molecule has 0 unspecified atom stereocenters. The highest BCUT2D eigenvalue weighted by molar-refractivity contribution is 5.91. The van der Waals surface area contributed by atoms with Gasteiger partial charge in [-0.25, -0.2) is 0 Å². The lowest BCUT2D eigenvalue weighted by atomic mass is 9.94. The van der Waals surface area contributed by atoms with E-state index in [0.717, 1.165) is 17.9 Å². The van der Waals surface area contributed by atoms with Crippen LogP contribution < -0.4 is 15.8 Å². The summed E-state index contributed by atoms with van der Waals surface area (Å²) in [5.74, 6) is 1.53. The van der Waals surface area contributed by atoms with Crippen LogP contribution in [0.25, 0.3) is 0 Å². The van der Waals surface area contributed by atoms with Crippen molar-refractivity contribution in [2.75, 3.05) is 19.0 Å². The molecule has 1 rings (SSSR count). The summed E-state index contributed by atoms with van der Waals surface area (Å²) in [6, 6.07) is 7.35. The SMILES string of the molecule is COc1cccc(NC(=O)C[C@@H](CN)CC(C)C)c1. The van der Waals surface area contributed by atoms with E-state index in [1.807, 2.05) is 18.2 Å². The molecule has 0 aliphatic rings. The van der Waals surface area contributed by atoms with Gasteiger partial charge in [0.15, 0.2) is 0 Å². The number of nitrogens with two attached hydrogens (primary N) is 1. The molecular weight excluding hydrogens is 240 g/mol. The molecule has 1 aromatic rings. The first-order valence-electron chi connectivity index (χ1n) is 6.69. The van der Waals surface area contributed by atoms with Gasteiger partial charge in [-0.2, -0.15) is 0 Å². The van der Waals surface area contributed by atoms with Gasteiger partial charge in [-0.1, -0.05) is 19.9 Å². The number of nitrogens with one attached hydrogen (secondary N) is 1. The van der Waals surface area contributed by atoms with Crippen molar-refractivity contribution in [1.29, 1.82) is 0 Å². The summed E-state index contributed by atoms with van der Waals surface area (Å²) in [5, 5.41) is 2.88. The van der Waals surface area contributed by atoms with Gasteiger partial charge in [0.25, 0.3) is 0 Å². The molecule has 19 heavy (non-hydrogen) atoms. The molecule has 0 heterocycles. The van der Waals surface area contributed by atoms with Crippen LogP contribution in [0.1, 0.15) is 26.7 Å². The first-order valence-corrected chi connectivity index (χ1v) is 6.69. The van der Waals surface area contributed by atoms with Crippen LogP contribution in [0.15, 0.2) is 24.3 Å². The van der Waals surface area contributed by atoms with Crippen molar-refractivity contribution in [2.45, 2.75) is 26.7 Å². The standard InChI is InChI=1S/C15H24N2O2/c1-11(2)7-12(10-16)8-15(18)17-13-5-4-6-14(9-13)19-3/h4-6,9,11-12H,7-8,10,16H2,1-3H3,(H,17,18)/t12-/m0/s1. The molecule has 0 saturated heterocycles. The molecule has 1 atom stereocenters. The average molecular weight is 264 g/mol. The van der Waals surface area contributed by atoms with Crippen molar-refractivity contribution in [2.24, 2.45) is 17.6 Å². The van der Waals surface area contributed by atoms with Gasteiger partial charge in [-0.15, -0.1) is 0 Å². The summed E-state index contributed by atoms with van der Waals surface area (Å²) in [6.07, 6.45) is 1.44. The van der Waals surface area contributed by atoms with E-state index in [2.05, 4.69) is 19.2 Å². The van der Waals surface area contributed by atoms with E-state index in [9.17, 15) is 4.79 Å². The maximum absolute atomic E-state index is 12.0.